The topological polar surface area (TPSA) is 51.4 Å². The van der Waals surface area contributed by atoms with Gasteiger partial charge in [0.05, 0.1) is 16.6 Å². The van der Waals surface area contributed by atoms with Crippen molar-refractivity contribution in [2.24, 2.45) is 0 Å². The van der Waals surface area contributed by atoms with Crippen LogP contribution in [0.3, 0.4) is 0 Å². The standard InChI is InChI=1S/C16H16N2O2S2/c1-12(13-6-8-15(9-7-13)22(2,19)20)21-16-17-11-14-5-3-4-10-18(14)16/h3-12H,1-2H3. The van der Waals surface area contributed by atoms with Gasteiger partial charge in [-0.25, -0.2) is 13.4 Å². The number of imidazole rings is 1. The van der Waals surface area contributed by atoms with Gasteiger partial charge in [-0.3, -0.25) is 4.40 Å². The van der Waals surface area contributed by atoms with Crippen molar-refractivity contribution in [2.75, 3.05) is 6.26 Å². The van der Waals surface area contributed by atoms with E-state index in [1.807, 2.05) is 47.1 Å². The Kier molecular flexibility index (Phi) is 3.97. The van der Waals surface area contributed by atoms with Gasteiger partial charge in [0.15, 0.2) is 15.0 Å². The molecule has 3 rings (SSSR count). The Balaban J connectivity index is 1.84. The molecule has 114 valence electrons. The van der Waals surface area contributed by atoms with Gasteiger partial charge in [0.1, 0.15) is 0 Å². The van der Waals surface area contributed by atoms with Gasteiger partial charge in [-0.05, 0) is 36.8 Å². The minimum Gasteiger partial charge on any atom is -0.295 e. The summed E-state index contributed by atoms with van der Waals surface area (Å²) in [6, 6.07) is 13.0. The fraction of sp³-hybridized carbons (Fsp3) is 0.188. The molecule has 22 heavy (non-hydrogen) atoms. The molecule has 6 heteroatoms. The first kappa shape index (κ1) is 15.1. The van der Waals surface area contributed by atoms with E-state index in [0.717, 1.165) is 16.2 Å². The number of hydrogen-bond acceptors (Lipinski definition) is 4. The van der Waals surface area contributed by atoms with Gasteiger partial charge in [0.25, 0.3) is 0 Å². The largest absolute Gasteiger partial charge is 0.295 e. The summed E-state index contributed by atoms with van der Waals surface area (Å²) >= 11 is 1.65. The lowest BCUT2D eigenvalue weighted by molar-refractivity contribution is 0.602. The van der Waals surface area contributed by atoms with Crippen molar-refractivity contribution in [1.82, 2.24) is 9.38 Å². The van der Waals surface area contributed by atoms with Gasteiger partial charge in [-0.15, -0.1) is 0 Å². The number of benzene rings is 1. The van der Waals surface area contributed by atoms with Gasteiger partial charge >= 0.3 is 0 Å². The molecule has 0 aliphatic heterocycles. The third kappa shape index (κ3) is 3.03. The summed E-state index contributed by atoms with van der Waals surface area (Å²) in [5, 5.41) is 1.11. The van der Waals surface area contributed by atoms with E-state index in [9.17, 15) is 8.42 Å². The van der Waals surface area contributed by atoms with Crippen LogP contribution in [-0.2, 0) is 9.84 Å². The summed E-state index contributed by atoms with van der Waals surface area (Å²) in [5.74, 6) is 0. The number of pyridine rings is 1. The van der Waals surface area contributed by atoms with Crippen LogP contribution in [0.1, 0.15) is 17.7 Å². The molecule has 1 unspecified atom stereocenters. The normalized spacial score (nSPS) is 13.4. The molecule has 3 aromatic rings. The zero-order valence-corrected chi connectivity index (χ0v) is 13.9. The van der Waals surface area contributed by atoms with Gasteiger partial charge in [-0.2, -0.15) is 0 Å². The van der Waals surface area contributed by atoms with Gasteiger partial charge < -0.3 is 0 Å². The van der Waals surface area contributed by atoms with Crippen molar-refractivity contribution in [2.45, 2.75) is 22.2 Å². The number of hydrogen-bond donors (Lipinski definition) is 0. The molecule has 0 spiro atoms. The number of fused-ring (bicyclic) bond motifs is 1. The molecule has 2 heterocycles. The minimum absolute atomic E-state index is 0.180. The summed E-state index contributed by atoms with van der Waals surface area (Å²) in [7, 11) is -3.15. The maximum absolute atomic E-state index is 11.5. The average Bonchev–Trinajstić information content (AvgIpc) is 2.90. The number of rotatable bonds is 4. The molecule has 0 fully saturated rings. The Morgan fingerprint density at radius 2 is 1.86 bits per heavy atom. The Bertz CT molecular complexity index is 899. The lowest BCUT2D eigenvalue weighted by Gasteiger charge is -2.11. The maximum Gasteiger partial charge on any atom is 0.175 e. The predicted molar refractivity (Wildman–Crippen MR) is 89.0 cm³/mol. The minimum atomic E-state index is -3.15. The van der Waals surface area contributed by atoms with E-state index in [2.05, 4.69) is 11.9 Å². The summed E-state index contributed by atoms with van der Waals surface area (Å²) in [4.78, 5) is 4.79. The van der Waals surface area contributed by atoms with Crippen molar-refractivity contribution < 1.29 is 8.42 Å². The Labute approximate surface area is 134 Å². The number of nitrogens with zero attached hydrogens (tertiary/aromatic N) is 2. The molecule has 0 bridgehead atoms. The van der Waals surface area contributed by atoms with Crippen molar-refractivity contribution in [1.29, 1.82) is 0 Å². The SMILES string of the molecule is CC(Sc1ncc2ccccn12)c1ccc(S(C)(=O)=O)cc1. The van der Waals surface area contributed by atoms with E-state index >= 15 is 0 Å². The predicted octanol–water partition coefficient (Wildman–Crippen LogP) is 3.59. The fourth-order valence-corrected chi connectivity index (χ4v) is 3.85. The molecule has 0 N–H and O–H groups in total. The molecule has 0 aliphatic rings. The Morgan fingerprint density at radius 3 is 2.55 bits per heavy atom. The molecule has 0 saturated carbocycles. The molecule has 0 aliphatic carbocycles. The van der Waals surface area contributed by atoms with E-state index in [0.29, 0.717) is 4.90 Å². The van der Waals surface area contributed by atoms with Gasteiger partial charge in [0.2, 0.25) is 0 Å². The van der Waals surface area contributed by atoms with Crippen LogP contribution < -0.4 is 0 Å². The molecular weight excluding hydrogens is 316 g/mol. The Hall–Kier alpha value is -1.79. The van der Waals surface area contributed by atoms with Gasteiger partial charge in [0, 0.05) is 17.7 Å². The molecule has 0 radical (unpaired) electrons. The Morgan fingerprint density at radius 1 is 1.14 bits per heavy atom. The first-order chi connectivity index (χ1) is 10.4. The van der Waals surface area contributed by atoms with E-state index in [1.165, 1.54) is 6.26 Å². The van der Waals surface area contributed by atoms with E-state index in [4.69, 9.17) is 0 Å². The van der Waals surface area contributed by atoms with Crippen molar-refractivity contribution in [3.63, 3.8) is 0 Å². The van der Waals surface area contributed by atoms with Crippen molar-refractivity contribution in [3.8, 4) is 0 Å². The number of thioether (sulfide) groups is 1. The first-order valence-electron chi connectivity index (χ1n) is 6.84. The quantitative estimate of drug-likeness (QED) is 0.685. The summed E-state index contributed by atoms with van der Waals surface area (Å²) < 4.78 is 25.0. The van der Waals surface area contributed by atoms with Crippen LogP contribution in [0, 0.1) is 0 Å². The zero-order valence-electron chi connectivity index (χ0n) is 12.3. The highest BCUT2D eigenvalue weighted by atomic mass is 32.2. The lowest BCUT2D eigenvalue weighted by atomic mass is 10.2. The summed E-state index contributed by atoms with van der Waals surface area (Å²) in [6.45, 7) is 2.09. The van der Waals surface area contributed by atoms with Crippen molar-refractivity contribution >= 4 is 27.1 Å². The van der Waals surface area contributed by atoms with Crippen LogP contribution in [-0.4, -0.2) is 24.1 Å². The average molecular weight is 332 g/mol. The number of sulfone groups is 1. The lowest BCUT2D eigenvalue weighted by Crippen LogP contribution is -1.98. The molecular formula is C16H16N2O2S2. The molecule has 0 saturated heterocycles. The second-order valence-electron chi connectivity index (χ2n) is 5.14. The van der Waals surface area contributed by atoms with Crippen LogP contribution in [0.5, 0.6) is 0 Å². The highest BCUT2D eigenvalue weighted by Gasteiger charge is 2.13. The third-order valence-corrected chi connectivity index (χ3v) is 5.73. The van der Waals surface area contributed by atoms with Crippen LogP contribution in [0.25, 0.3) is 5.52 Å². The molecule has 1 aromatic carbocycles. The van der Waals surface area contributed by atoms with Crippen LogP contribution in [0.15, 0.2) is 64.9 Å². The summed E-state index contributed by atoms with van der Waals surface area (Å²) in [5.41, 5.74) is 2.13. The highest BCUT2D eigenvalue weighted by molar-refractivity contribution is 7.99. The third-order valence-electron chi connectivity index (χ3n) is 3.46. The smallest absolute Gasteiger partial charge is 0.175 e. The number of aromatic nitrogens is 2. The van der Waals surface area contributed by atoms with Crippen LogP contribution >= 0.6 is 11.8 Å². The molecule has 4 nitrogen and oxygen atoms in total. The fourth-order valence-electron chi connectivity index (χ4n) is 2.22. The molecule has 1 atom stereocenters. The highest BCUT2D eigenvalue weighted by Crippen LogP contribution is 2.34. The van der Waals surface area contributed by atoms with Crippen LogP contribution in [0.4, 0.5) is 0 Å². The maximum atomic E-state index is 11.5. The van der Waals surface area contributed by atoms with E-state index in [1.54, 1.807) is 23.9 Å². The van der Waals surface area contributed by atoms with E-state index in [-0.39, 0.29) is 5.25 Å². The van der Waals surface area contributed by atoms with E-state index < -0.39 is 9.84 Å². The summed E-state index contributed by atoms with van der Waals surface area (Å²) in [6.07, 6.45) is 5.06. The van der Waals surface area contributed by atoms with Gasteiger partial charge in [-0.1, -0.05) is 30.0 Å². The van der Waals surface area contributed by atoms with Crippen LogP contribution in [0.2, 0.25) is 0 Å². The molecule has 2 aromatic heterocycles. The zero-order chi connectivity index (χ0) is 15.7. The molecule has 0 amide bonds. The first-order valence-corrected chi connectivity index (χ1v) is 9.61. The second kappa shape index (κ2) is 5.78. The monoisotopic (exact) mass is 332 g/mol. The second-order valence-corrected chi connectivity index (χ2v) is 8.46. The van der Waals surface area contributed by atoms with Crippen molar-refractivity contribution in [3.05, 3.63) is 60.4 Å².